The van der Waals surface area contributed by atoms with Crippen molar-refractivity contribution in [2.24, 2.45) is 11.1 Å². The first-order valence-electron chi connectivity index (χ1n) is 5.82. The maximum Gasteiger partial charge on any atom is 0.122 e. The molecule has 0 amide bonds. The first-order chi connectivity index (χ1) is 7.48. The summed E-state index contributed by atoms with van der Waals surface area (Å²) in [7, 11) is 1.72. The molecule has 0 bridgehead atoms. The zero-order chi connectivity index (χ0) is 12.2. The lowest BCUT2D eigenvalue weighted by Crippen LogP contribution is -2.24. The molecule has 2 nitrogen and oxygen atoms in total. The number of hydrogen-bond donors (Lipinski definition) is 1. The number of rotatable bonds is 5. The van der Waals surface area contributed by atoms with Gasteiger partial charge in [0.15, 0.2) is 0 Å². The molecule has 0 aliphatic rings. The van der Waals surface area contributed by atoms with Crippen LogP contribution in [-0.4, -0.2) is 13.7 Å². The summed E-state index contributed by atoms with van der Waals surface area (Å²) in [6.07, 6.45) is 2.11. The fourth-order valence-electron chi connectivity index (χ4n) is 1.68. The minimum Gasteiger partial charge on any atom is -0.496 e. The summed E-state index contributed by atoms with van der Waals surface area (Å²) in [5.41, 5.74) is 8.50. The van der Waals surface area contributed by atoms with E-state index in [1.165, 1.54) is 11.1 Å². The minimum absolute atomic E-state index is 0.203. The lowest BCUT2D eigenvalue weighted by molar-refractivity contribution is 0.343. The first-order valence-corrected chi connectivity index (χ1v) is 5.82. The van der Waals surface area contributed by atoms with Crippen molar-refractivity contribution in [1.29, 1.82) is 0 Å². The zero-order valence-corrected chi connectivity index (χ0v) is 10.8. The number of ether oxygens (including phenoxy) is 1. The minimum atomic E-state index is 0.203. The molecule has 2 heteroatoms. The molecule has 0 aromatic heterocycles. The molecule has 0 saturated carbocycles. The maximum atomic E-state index is 5.74. The second-order valence-electron chi connectivity index (χ2n) is 5.18. The predicted octanol–water partition coefficient (Wildman–Crippen LogP) is 2.92. The zero-order valence-electron chi connectivity index (χ0n) is 10.8. The number of benzene rings is 1. The first kappa shape index (κ1) is 13.0. The van der Waals surface area contributed by atoms with Crippen LogP contribution in [0.4, 0.5) is 0 Å². The van der Waals surface area contributed by atoms with Crippen LogP contribution in [0.1, 0.15) is 31.4 Å². The predicted molar refractivity (Wildman–Crippen MR) is 68.9 cm³/mol. The molecule has 0 aliphatic heterocycles. The monoisotopic (exact) mass is 221 g/mol. The van der Waals surface area contributed by atoms with Crippen molar-refractivity contribution in [3.8, 4) is 5.75 Å². The second-order valence-corrected chi connectivity index (χ2v) is 5.18. The van der Waals surface area contributed by atoms with Gasteiger partial charge >= 0.3 is 0 Å². The van der Waals surface area contributed by atoms with Crippen LogP contribution in [0.3, 0.4) is 0 Å². The Labute approximate surface area is 98.8 Å². The molecule has 2 N–H and O–H groups in total. The SMILES string of the molecule is COc1ccc(C)cc1CCC(C)(C)CN. The Hall–Kier alpha value is -1.02. The number of hydrogen-bond acceptors (Lipinski definition) is 2. The molecule has 0 fully saturated rings. The normalized spacial score (nSPS) is 11.6. The Morgan fingerprint density at radius 1 is 1.31 bits per heavy atom. The van der Waals surface area contributed by atoms with Gasteiger partial charge in [-0.2, -0.15) is 0 Å². The third-order valence-electron chi connectivity index (χ3n) is 3.06. The van der Waals surface area contributed by atoms with Gasteiger partial charge in [0.2, 0.25) is 0 Å². The number of methoxy groups -OCH3 is 1. The Morgan fingerprint density at radius 3 is 2.56 bits per heavy atom. The molecule has 1 aromatic carbocycles. The molecular formula is C14H23NO. The smallest absolute Gasteiger partial charge is 0.122 e. The van der Waals surface area contributed by atoms with Crippen molar-refractivity contribution in [1.82, 2.24) is 0 Å². The Balaban J connectivity index is 2.76. The van der Waals surface area contributed by atoms with Crippen LogP contribution < -0.4 is 10.5 Å². The molecule has 16 heavy (non-hydrogen) atoms. The van der Waals surface area contributed by atoms with Gasteiger partial charge in [0.25, 0.3) is 0 Å². The Kier molecular flexibility index (Phi) is 4.36. The molecule has 0 saturated heterocycles. The van der Waals surface area contributed by atoms with Crippen LogP contribution in [0.2, 0.25) is 0 Å². The fraction of sp³-hybridized carbons (Fsp3) is 0.571. The van der Waals surface area contributed by atoms with Crippen LogP contribution in [-0.2, 0) is 6.42 Å². The summed E-state index contributed by atoms with van der Waals surface area (Å²) in [5.74, 6) is 0.985. The van der Waals surface area contributed by atoms with Crippen LogP contribution in [0.25, 0.3) is 0 Å². The molecule has 0 aliphatic carbocycles. The van der Waals surface area contributed by atoms with E-state index < -0.39 is 0 Å². The van der Waals surface area contributed by atoms with E-state index in [0.717, 1.165) is 25.1 Å². The Morgan fingerprint density at radius 2 is 2.00 bits per heavy atom. The van der Waals surface area contributed by atoms with Gasteiger partial charge in [-0.05, 0) is 43.4 Å². The summed E-state index contributed by atoms with van der Waals surface area (Å²) < 4.78 is 5.37. The van der Waals surface area contributed by atoms with Gasteiger partial charge in [-0.3, -0.25) is 0 Å². The summed E-state index contributed by atoms with van der Waals surface area (Å²) in [5, 5.41) is 0. The van der Waals surface area contributed by atoms with Gasteiger partial charge in [-0.15, -0.1) is 0 Å². The highest BCUT2D eigenvalue weighted by molar-refractivity contribution is 5.36. The van der Waals surface area contributed by atoms with E-state index in [9.17, 15) is 0 Å². The third-order valence-corrected chi connectivity index (χ3v) is 3.06. The highest BCUT2D eigenvalue weighted by Crippen LogP contribution is 2.26. The van der Waals surface area contributed by atoms with Crippen LogP contribution in [0.5, 0.6) is 5.75 Å². The van der Waals surface area contributed by atoms with E-state index in [1.54, 1.807) is 7.11 Å². The maximum absolute atomic E-state index is 5.74. The van der Waals surface area contributed by atoms with Crippen molar-refractivity contribution in [3.63, 3.8) is 0 Å². The molecule has 0 spiro atoms. The third kappa shape index (κ3) is 3.53. The average Bonchev–Trinajstić information content (AvgIpc) is 2.27. The lowest BCUT2D eigenvalue weighted by atomic mass is 9.86. The van der Waals surface area contributed by atoms with Gasteiger partial charge in [0, 0.05) is 0 Å². The topological polar surface area (TPSA) is 35.2 Å². The van der Waals surface area contributed by atoms with Crippen molar-refractivity contribution in [2.45, 2.75) is 33.6 Å². The molecule has 1 rings (SSSR count). The van der Waals surface area contributed by atoms with E-state index in [0.29, 0.717) is 0 Å². The molecular weight excluding hydrogens is 198 g/mol. The van der Waals surface area contributed by atoms with Crippen molar-refractivity contribution in [2.75, 3.05) is 13.7 Å². The van der Waals surface area contributed by atoms with Crippen LogP contribution in [0, 0.1) is 12.3 Å². The molecule has 0 radical (unpaired) electrons. The van der Waals surface area contributed by atoms with Crippen LogP contribution >= 0.6 is 0 Å². The molecule has 0 unspecified atom stereocenters. The van der Waals surface area contributed by atoms with Gasteiger partial charge in [0.05, 0.1) is 7.11 Å². The quantitative estimate of drug-likeness (QED) is 0.829. The second kappa shape index (κ2) is 5.35. The fourth-order valence-corrected chi connectivity index (χ4v) is 1.68. The lowest BCUT2D eigenvalue weighted by Gasteiger charge is -2.22. The highest BCUT2D eigenvalue weighted by Gasteiger charge is 2.16. The molecule has 0 heterocycles. The van der Waals surface area contributed by atoms with Crippen molar-refractivity contribution >= 4 is 0 Å². The van der Waals surface area contributed by atoms with E-state index in [1.807, 2.05) is 6.07 Å². The van der Waals surface area contributed by atoms with Crippen LogP contribution in [0.15, 0.2) is 18.2 Å². The van der Waals surface area contributed by atoms with Crippen molar-refractivity contribution in [3.05, 3.63) is 29.3 Å². The summed E-state index contributed by atoms with van der Waals surface area (Å²) in [6.45, 7) is 7.24. The number of nitrogens with two attached hydrogens (primary N) is 1. The van der Waals surface area contributed by atoms with E-state index in [-0.39, 0.29) is 5.41 Å². The van der Waals surface area contributed by atoms with Gasteiger partial charge in [0.1, 0.15) is 5.75 Å². The van der Waals surface area contributed by atoms with Crippen molar-refractivity contribution < 1.29 is 4.74 Å². The molecule has 90 valence electrons. The van der Waals surface area contributed by atoms with Gasteiger partial charge in [-0.25, -0.2) is 0 Å². The van der Waals surface area contributed by atoms with Gasteiger partial charge in [-0.1, -0.05) is 31.5 Å². The van der Waals surface area contributed by atoms with E-state index in [2.05, 4.69) is 32.9 Å². The van der Waals surface area contributed by atoms with Gasteiger partial charge < -0.3 is 10.5 Å². The molecule has 1 aromatic rings. The van der Waals surface area contributed by atoms with E-state index >= 15 is 0 Å². The standard InChI is InChI=1S/C14H23NO/c1-11-5-6-13(16-4)12(9-11)7-8-14(2,3)10-15/h5-6,9H,7-8,10,15H2,1-4H3. The summed E-state index contributed by atoms with van der Waals surface area (Å²) in [6, 6.07) is 6.32. The Bertz CT molecular complexity index is 345. The van der Waals surface area contributed by atoms with E-state index in [4.69, 9.17) is 10.5 Å². The largest absolute Gasteiger partial charge is 0.496 e. The summed E-state index contributed by atoms with van der Waals surface area (Å²) in [4.78, 5) is 0. The highest BCUT2D eigenvalue weighted by atomic mass is 16.5. The number of aryl methyl sites for hydroxylation is 2. The summed E-state index contributed by atoms with van der Waals surface area (Å²) >= 11 is 0. The average molecular weight is 221 g/mol. The molecule has 0 atom stereocenters.